The molecule has 1 heterocycles. The van der Waals surface area contributed by atoms with Crippen molar-refractivity contribution in [2.75, 3.05) is 6.54 Å². The van der Waals surface area contributed by atoms with Gasteiger partial charge in [-0.3, -0.25) is 4.79 Å². The molecular formula is C14H19N5O. The quantitative estimate of drug-likeness (QED) is 0.871. The third kappa shape index (κ3) is 3.40. The van der Waals surface area contributed by atoms with E-state index in [1.165, 1.54) is 6.33 Å². The molecule has 0 spiro atoms. The standard InChI is InChI=1S/C14H19N5O/c1-3-11(4-2)9-15-14(20)12-5-7-13(8-6-12)19-10-16-17-18-19/h5-8,10-11H,3-4,9H2,1-2H3,(H,15,20). The van der Waals surface area contributed by atoms with Crippen LogP contribution in [0.4, 0.5) is 0 Å². The number of tetrazole rings is 1. The summed E-state index contributed by atoms with van der Waals surface area (Å²) < 4.78 is 1.55. The molecular weight excluding hydrogens is 254 g/mol. The van der Waals surface area contributed by atoms with Crippen LogP contribution in [0.15, 0.2) is 30.6 Å². The summed E-state index contributed by atoms with van der Waals surface area (Å²) in [7, 11) is 0. The van der Waals surface area contributed by atoms with Crippen LogP contribution in [0.2, 0.25) is 0 Å². The van der Waals surface area contributed by atoms with Crippen molar-refractivity contribution in [1.29, 1.82) is 0 Å². The van der Waals surface area contributed by atoms with Gasteiger partial charge in [0.1, 0.15) is 6.33 Å². The van der Waals surface area contributed by atoms with E-state index in [1.807, 2.05) is 12.1 Å². The van der Waals surface area contributed by atoms with Crippen LogP contribution in [0, 0.1) is 5.92 Å². The van der Waals surface area contributed by atoms with Crippen LogP contribution in [0.3, 0.4) is 0 Å². The molecule has 1 aromatic carbocycles. The highest BCUT2D eigenvalue weighted by Gasteiger charge is 2.09. The molecule has 6 nitrogen and oxygen atoms in total. The largest absolute Gasteiger partial charge is 0.352 e. The first-order chi connectivity index (χ1) is 9.74. The Kier molecular flexibility index (Phi) is 4.81. The molecule has 1 amide bonds. The predicted molar refractivity (Wildman–Crippen MR) is 75.6 cm³/mol. The Labute approximate surface area is 118 Å². The molecule has 0 bridgehead atoms. The third-order valence-electron chi connectivity index (χ3n) is 3.45. The van der Waals surface area contributed by atoms with Crippen molar-refractivity contribution < 1.29 is 4.79 Å². The van der Waals surface area contributed by atoms with Gasteiger partial charge in [-0.25, -0.2) is 4.68 Å². The fourth-order valence-electron chi connectivity index (χ4n) is 1.96. The van der Waals surface area contributed by atoms with Gasteiger partial charge < -0.3 is 5.32 Å². The predicted octanol–water partition coefficient (Wildman–Crippen LogP) is 1.83. The second-order valence-electron chi connectivity index (χ2n) is 4.69. The summed E-state index contributed by atoms with van der Waals surface area (Å²) in [5.74, 6) is 0.500. The Morgan fingerprint density at radius 2 is 1.95 bits per heavy atom. The number of nitrogens with one attached hydrogen (secondary N) is 1. The molecule has 106 valence electrons. The van der Waals surface area contributed by atoms with Crippen LogP contribution in [-0.2, 0) is 0 Å². The lowest BCUT2D eigenvalue weighted by Crippen LogP contribution is -2.28. The zero-order valence-electron chi connectivity index (χ0n) is 11.8. The van der Waals surface area contributed by atoms with Gasteiger partial charge in [0.25, 0.3) is 5.91 Å². The number of nitrogens with zero attached hydrogens (tertiary/aromatic N) is 4. The molecule has 0 saturated heterocycles. The zero-order valence-corrected chi connectivity index (χ0v) is 11.8. The SMILES string of the molecule is CCC(CC)CNC(=O)c1ccc(-n2cnnn2)cc1. The molecule has 1 aromatic heterocycles. The number of benzene rings is 1. The lowest BCUT2D eigenvalue weighted by molar-refractivity contribution is 0.0946. The van der Waals surface area contributed by atoms with Crippen molar-refractivity contribution in [3.8, 4) is 5.69 Å². The van der Waals surface area contributed by atoms with E-state index < -0.39 is 0 Å². The van der Waals surface area contributed by atoms with Gasteiger partial charge in [0, 0.05) is 12.1 Å². The molecule has 6 heteroatoms. The Balaban J connectivity index is 1.97. The molecule has 1 N–H and O–H groups in total. The lowest BCUT2D eigenvalue weighted by atomic mass is 10.0. The van der Waals surface area contributed by atoms with Gasteiger partial charge in [-0.2, -0.15) is 0 Å². The lowest BCUT2D eigenvalue weighted by Gasteiger charge is -2.13. The van der Waals surface area contributed by atoms with Crippen LogP contribution in [0.1, 0.15) is 37.0 Å². The number of hydrogen-bond acceptors (Lipinski definition) is 4. The van der Waals surface area contributed by atoms with E-state index in [2.05, 4.69) is 34.7 Å². The third-order valence-corrected chi connectivity index (χ3v) is 3.45. The second kappa shape index (κ2) is 6.79. The number of amides is 1. The second-order valence-corrected chi connectivity index (χ2v) is 4.69. The summed E-state index contributed by atoms with van der Waals surface area (Å²) in [6.45, 7) is 5.00. The molecule has 2 aromatic rings. The van der Waals surface area contributed by atoms with Crippen molar-refractivity contribution in [1.82, 2.24) is 25.5 Å². The normalized spacial score (nSPS) is 10.8. The van der Waals surface area contributed by atoms with E-state index >= 15 is 0 Å². The van der Waals surface area contributed by atoms with Gasteiger partial charge in [0.05, 0.1) is 5.69 Å². The number of rotatable bonds is 6. The van der Waals surface area contributed by atoms with Crippen molar-refractivity contribution in [3.05, 3.63) is 36.2 Å². The van der Waals surface area contributed by atoms with Gasteiger partial charge in [0.2, 0.25) is 0 Å². The molecule has 0 aliphatic heterocycles. The Morgan fingerprint density at radius 1 is 1.25 bits per heavy atom. The van der Waals surface area contributed by atoms with Gasteiger partial charge >= 0.3 is 0 Å². The summed E-state index contributed by atoms with van der Waals surface area (Å²) >= 11 is 0. The van der Waals surface area contributed by atoms with Crippen LogP contribution < -0.4 is 5.32 Å². The van der Waals surface area contributed by atoms with Gasteiger partial charge in [0.15, 0.2) is 0 Å². The fraction of sp³-hybridized carbons (Fsp3) is 0.429. The minimum absolute atomic E-state index is 0.0415. The molecule has 2 rings (SSSR count). The fourth-order valence-corrected chi connectivity index (χ4v) is 1.96. The van der Waals surface area contributed by atoms with Crippen LogP contribution in [-0.4, -0.2) is 32.7 Å². The Bertz CT molecular complexity index is 531. The molecule has 0 radical (unpaired) electrons. The maximum absolute atomic E-state index is 12.0. The monoisotopic (exact) mass is 273 g/mol. The first-order valence-corrected chi connectivity index (χ1v) is 6.86. The van der Waals surface area contributed by atoms with Gasteiger partial charge in [-0.05, 0) is 40.6 Å². The maximum Gasteiger partial charge on any atom is 0.251 e. The summed E-state index contributed by atoms with van der Waals surface area (Å²) in [4.78, 5) is 12.0. The Hall–Kier alpha value is -2.24. The van der Waals surface area contributed by atoms with E-state index in [1.54, 1.807) is 16.8 Å². The van der Waals surface area contributed by atoms with E-state index in [0.717, 1.165) is 25.1 Å². The van der Waals surface area contributed by atoms with E-state index in [4.69, 9.17) is 0 Å². The van der Waals surface area contributed by atoms with E-state index in [-0.39, 0.29) is 5.91 Å². The number of aromatic nitrogens is 4. The van der Waals surface area contributed by atoms with E-state index in [0.29, 0.717) is 11.5 Å². The molecule has 0 saturated carbocycles. The first-order valence-electron chi connectivity index (χ1n) is 6.86. The summed E-state index contributed by atoms with van der Waals surface area (Å²) in [5, 5.41) is 13.9. The zero-order chi connectivity index (χ0) is 14.4. The summed E-state index contributed by atoms with van der Waals surface area (Å²) in [6.07, 6.45) is 3.67. The van der Waals surface area contributed by atoms with Crippen molar-refractivity contribution >= 4 is 5.91 Å². The molecule has 0 atom stereocenters. The highest BCUT2D eigenvalue weighted by molar-refractivity contribution is 5.94. The highest BCUT2D eigenvalue weighted by Crippen LogP contribution is 2.09. The smallest absolute Gasteiger partial charge is 0.251 e. The van der Waals surface area contributed by atoms with E-state index in [9.17, 15) is 4.79 Å². The minimum Gasteiger partial charge on any atom is -0.352 e. The maximum atomic E-state index is 12.0. The van der Waals surface area contributed by atoms with Crippen LogP contribution in [0.25, 0.3) is 5.69 Å². The number of hydrogen-bond donors (Lipinski definition) is 1. The molecule has 0 unspecified atom stereocenters. The minimum atomic E-state index is -0.0415. The number of carbonyl (C=O) groups is 1. The molecule has 0 aliphatic rings. The average molecular weight is 273 g/mol. The topological polar surface area (TPSA) is 72.7 Å². The van der Waals surface area contributed by atoms with Crippen LogP contribution >= 0.6 is 0 Å². The van der Waals surface area contributed by atoms with Gasteiger partial charge in [-0.1, -0.05) is 26.7 Å². The first kappa shape index (κ1) is 14.2. The number of carbonyl (C=O) groups excluding carboxylic acids is 1. The van der Waals surface area contributed by atoms with Crippen molar-refractivity contribution in [3.63, 3.8) is 0 Å². The van der Waals surface area contributed by atoms with Gasteiger partial charge in [-0.15, -0.1) is 5.10 Å². The van der Waals surface area contributed by atoms with Crippen molar-refractivity contribution in [2.45, 2.75) is 26.7 Å². The molecule has 20 heavy (non-hydrogen) atoms. The Morgan fingerprint density at radius 3 is 2.50 bits per heavy atom. The molecule has 0 aliphatic carbocycles. The van der Waals surface area contributed by atoms with Crippen LogP contribution in [0.5, 0.6) is 0 Å². The average Bonchev–Trinajstić information content (AvgIpc) is 3.02. The molecule has 0 fully saturated rings. The summed E-state index contributed by atoms with van der Waals surface area (Å²) in [5.41, 5.74) is 1.47. The highest BCUT2D eigenvalue weighted by atomic mass is 16.1. The summed E-state index contributed by atoms with van der Waals surface area (Å²) in [6, 6.07) is 7.20. The van der Waals surface area contributed by atoms with Crippen molar-refractivity contribution in [2.24, 2.45) is 5.92 Å².